The van der Waals surface area contributed by atoms with Crippen LogP contribution in [-0.2, 0) is 4.79 Å². The van der Waals surface area contributed by atoms with Crippen LogP contribution in [0, 0.1) is 6.92 Å². The zero-order chi connectivity index (χ0) is 20.8. The molecular weight excluding hydrogens is 370 g/mol. The van der Waals surface area contributed by atoms with Gasteiger partial charge < -0.3 is 19.4 Å². The van der Waals surface area contributed by atoms with Gasteiger partial charge in [0.15, 0.2) is 5.69 Å². The number of hydrogen-bond donors (Lipinski definition) is 1. The molecule has 7 nitrogen and oxygen atoms in total. The van der Waals surface area contributed by atoms with E-state index in [1.807, 2.05) is 43.3 Å². The smallest absolute Gasteiger partial charge is 0.276 e. The lowest BCUT2D eigenvalue weighted by atomic mass is 10.2. The van der Waals surface area contributed by atoms with Crippen LogP contribution in [0.1, 0.15) is 23.2 Å². The summed E-state index contributed by atoms with van der Waals surface area (Å²) in [6.07, 6.45) is 0. The highest BCUT2D eigenvalue weighted by Gasteiger charge is 2.24. The Balaban J connectivity index is 1.74. The number of rotatable bonds is 7. The number of aromatic nitrogens is 1. The summed E-state index contributed by atoms with van der Waals surface area (Å²) in [7, 11) is 1.53. The van der Waals surface area contributed by atoms with Gasteiger partial charge in [-0.15, -0.1) is 0 Å². The molecule has 29 heavy (non-hydrogen) atoms. The first-order chi connectivity index (χ1) is 14.0. The van der Waals surface area contributed by atoms with E-state index in [1.165, 1.54) is 12.0 Å². The van der Waals surface area contributed by atoms with Crippen molar-refractivity contribution in [2.45, 2.75) is 13.8 Å². The van der Waals surface area contributed by atoms with Gasteiger partial charge >= 0.3 is 0 Å². The fourth-order valence-electron chi connectivity index (χ4n) is 2.89. The average Bonchev–Trinajstić information content (AvgIpc) is 3.14. The van der Waals surface area contributed by atoms with Gasteiger partial charge in [-0.2, -0.15) is 0 Å². The van der Waals surface area contributed by atoms with E-state index in [-0.39, 0.29) is 24.1 Å². The summed E-state index contributed by atoms with van der Waals surface area (Å²) < 4.78 is 10.9. The molecule has 1 heterocycles. The highest BCUT2D eigenvalue weighted by molar-refractivity contribution is 5.99. The minimum absolute atomic E-state index is 0.111. The molecule has 3 rings (SSSR count). The van der Waals surface area contributed by atoms with E-state index in [0.29, 0.717) is 29.6 Å². The number of anilines is 1. The van der Waals surface area contributed by atoms with E-state index in [1.54, 1.807) is 25.1 Å². The molecule has 0 unspecified atom stereocenters. The molecule has 0 aliphatic rings. The zero-order valence-corrected chi connectivity index (χ0v) is 16.6. The van der Waals surface area contributed by atoms with Gasteiger partial charge in [0.25, 0.3) is 5.91 Å². The molecule has 2 amide bonds. The number of ether oxygens (including phenoxy) is 1. The van der Waals surface area contributed by atoms with Crippen LogP contribution in [0.15, 0.2) is 59.0 Å². The van der Waals surface area contributed by atoms with Crippen molar-refractivity contribution in [1.82, 2.24) is 9.88 Å². The molecule has 0 bridgehead atoms. The number of nitrogens with one attached hydrogen (secondary N) is 1. The summed E-state index contributed by atoms with van der Waals surface area (Å²) in [6, 6.07) is 16.5. The Kier molecular flexibility index (Phi) is 6.29. The Morgan fingerprint density at radius 3 is 2.48 bits per heavy atom. The standard InChI is InChI=1S/C22H23N3O4/c1-4-25(14-19(26)23-17-12-8-9-13-18(17)28-3)22(27)20-15(2)29-21(24-20)16-10-6-5-7-11-16/h5-13H,4,14H2,1-3H3,(H,23,26). The van der Waals surface area contributed by atoms with Gasteiger partial charge in [-0.25, -0.2) is 4.98 Å². The lowest BCUT2D eigenvalue weighted by Gasteiger charge is -2.19. The third-order valence-corrected chi connectivity index (χ3v) is 4.40. The summed E-state index contributed by atoms with van der Waals surface area (Å²) >= 11 is 0. The largest absolute Gasteiger partial charge is 0.495 e. The van der Waals surface area contributed by atoms with Gasteiger partial charge in [0.2, 0.25) is 11.8 Å². The van der Waals surface area contributed by atoms with Crippen molar-refractivity contribution in [1.29, 1.82) is 0 Å². The van der Waals surface area contributed by atoms with Crippen LogP contribution in [0.3, 0.4) is 0 Å². The fraction of sp³-hybridized carbons (Fsp3) is 0.227. The molecule has 2 aromatic carbocycles. The van der Waals surface area contributed by atoms with Crippen molar-refractivity contribution < 1.29 is 18.7 Å². The van der Waals surface area contributed by atoms with Crippen molar-refractivity contribution in [3.8, 4) is 17.2 Å². The van der Waals surface area contributed by atoms with Crippen LogP contribution in [0.5, 0.6) is 5.75 Å². The van der Waals surface area contributed by atoms with Crippen molar-refractivity contribution in [2.75, 3.05) is 25.5 Å². The number of para-hydroxylation sites is 2. The molecule has 0 saturated heterocycles. The van der Waals surface area contributed by atoms with E-state index in [9.17, 15) is 9.59 Å². The molecule has 0 fully saturated rings. The van der Waals surface area contributed by atoms with Gasteiger partial charge in [0, 0.05) is 12.1 Å². The Hall–Kier alpha value is -3.61. The maximum Gasteiger partial charge on any atom is 0.276 e. The van der Waals surface area contributed by atoms with Crippen LogP contribution < -0.4 is 10.1 Å². The third-order valence-electron chi connectivity index (χ3n) is 4.40. The second-order valence-electron chi connectivity index (χ2n) is 6.36. The summed E-state index contributed by atoms with van der Waals surface area (Å²) in [5.74, 6) is 0.661. The molecular formula is C22H23N3O4. The van der Waals surface area contributed by atoms with Crippen molar-refractivity contribution >= 4 is 17.5 Å². The molecule has 0 aliphatic heterocycles. The first-order valence-corrected chi connectivity index (χ1v) is 9.28. The predicted octanol–water partition coefficient (Wildman–Crippen LogP) is 3.76. The van der Waals surface area contributed by atoms with Crippen LogP contribution >= 0.6 is 0 Å². The third kappa shape index (κ3) is 4.63. The molecule has 0 radical (unpaired) electrons. The molecule has 0 spiro atoms. The number of methoxy groups -OCH3 is 1. The van der Waals surface area contributed by atoms with Crippen molar-refractivity contribution in [3.05, 3.63) is 66.1 Å². The van der Waals surface area contributed by atoms with Gasteiger partial charge in [0.1, 0.15) is 18.1 Å². The van der Waals surface area contributed by atoms with Gasteiger partial charge in [-0.1, -0.05) is 30.3 Å². The van der Waals surface area contributed by atoms with Gasteiger partial charge in [-0.3, -0.25) is 9.59 Å². The number of amides is 2. The molecule has 0 atom stereocenters. The first kappa shape index (κ1) is 20.1. The second kappa shape index (κ2) is 9.05. The highest BCUT2D eigenvalue weighted by Crippen LogP contribution is 2.24. The number of hydrogen-bond acceptors (Lipinski definition) is 5. The Bertz CT molecular complexity index is 998. The number of carbonyl (C=O) groups excluding carboxylic acids is 2. The van der Waals surface area contributed by atoms with Gasteiger partial charge in [0.05, 0.1) is 12.8 Å². The number of nitrogens with zero attached hydrogens (tertiary/aromatic N) is 2. The molecule has 0 aliphatic carbocycles. The predicted molar refractivity (Wildman–Crippen MR) is 110 cm³/mol. The maximum atomic E-state index is 13.0. The number of oxazole rings is 1. The minimum atomic E-state index is -0.355. The van der Waals surface area contributed by atoms with Crippen molar-refractivity contribution in [3.63, 3.8) is 0 Å². The molecule has 0 saturated carbocycles. The number of carbonyl (C=O) groups is 2. The SMILES string of the molecule is CCN(CC(=O)Nc1ccccc1OC)C(=O)c1nc(-c2ccccc2)oc1C. The summed E-state index contributed by atoms with van der Waals surface area (Å²) in [6.45, 7) is 3.74. The molecule has 150 valence electrons. The normalized spacial score (nSPS) is 10.4. The van der Waals surface area contributed by atoms with E-state index in [2.05, 4.69) is 10.3 Å². The van der Waals surface area contributed by atoms with Crippen LogP contribution in [0.4, 0.5) is 5.69 Å². The molecule has 7 heteroatoms. The number of likely N-dealkylation sites (N-methyl/N-ethyl adjacent to an activating group) is 1. The lowest BCUT2D eigenvalue weighted by molar-refractivity contribution is -0.116. The average molecular weight is 393 g/mol. The Morgan fingerprint density at radius 2 is 1.79 bits per heavy atom. The quantitative estimate of drug-likeness (QED) is 0.661. The number of aryl methyl sites for hydroxylation is 1. The topological polar surface area (TPSA) is 84.7 Å². The van der Waals surface area contributed by atoms with Gasteiger partial charge in [-0.05, 0) is 38.1 Å². The molecule has 3 aromatic rings. The highest BCUT2D eigenvalue weighted by atomic mass is 16.5. The maximum absolute atomic E-state index is 13.0. The van der Waals surface area contributed by atoms with E-state index in [4.69, 9.17) is 9.15 Å². The van der Waals surface area contributed by atoms with Crippen molar-refractivity contribution in [2.24, 2.45) is 0 Å². The summed E-state index contributed by atoms with van der Waals surface area (Å²) in [5, 5.41) is 2.78. The van der Waals surface area contributed by atoms with Crippen LogP contribution in [0.2, 0.25) is 0 Å². The van der Waals surface area contributed by atoms with E-state index < -0.39 is 0 Å². The minimum Gasteiger partial charge on any atom is -0.495 e. The molecule has 1 aromatic heterocycles. The van der Waals surface area contributed by atoms with E-state index >= 15 is 0 Å². The zero-order valence-electron chi connectivity index (χ0n) is 16.6. The Morgan fingerprint density at radius 1 is 1.10 bits per heavy atom. The molecule has 1 N–H and O–H groups in total. The number of benzene rings is 2. The summed E-state index contributed by atoms with van der Waals surface area (Å²) in [5.41, 5.74) is 1.54. The monoisotopic (exact) mass is 393 g/mol. The van der Waals surface area contributed by atoms with Crippen LogP contribution in [-0.4, -0.2) is 41.9 Å². The summed E-state index contributed by atoms with van der Waals surface area (Å²) in [4.78, 5) is 31.2. The lowest BCUT2D eigenvalue weighted by Crippen LogP contribution is -2.38. The van der Waals surface area contributed by atoms with E-state index in [0.717, 1.165) is 5.56 Å². The fourth-order valence-corrected chi connectivity index (χ4v) is 2.89. The Labute approximate surface area is 169 Å². The first-order valence-electron chi connectivity index (χ1n) is 9.28. The van der Waals surface area contributed by atoms with Crippen LogP contribution in [0.25, 0.3) is 11.5 Å². The second-order valence-corrected chi connectivity index (χ2v) is 6.36.